The number of benzene rings is 2. The van der Waals surface area contributed by atoms with E-state index in [1.54, 1.807) is 18.4 Å². The molecule has 2 aromatic carbocycles. The quantitative estimate of drug-likeness (QED) is 0.708. The number of methoxy groups -OCH3 is 2. The fourth-order valence-corrected chi connectivity index (χ4v) is 3.61. The minimum absolute atomic E-state index is 0.0319. The molecule has 2 atom stereocenters. The highest BCUT2D eigenvalue weighted by molar-refractivity contribution is 5.99. The molecule has 0 spiro atoms. The van der Waals surface area contributed by atoms with E-state index in [-0.39, 0.29) is 33.8 Å². The van der Waals surface area contributed by atoms with Crippen molar-refractivity contribution in [3.05, 3.63) is 46.3 Å². The van der Waals surface area contributed by atoms with Crippen LogP contribution < -0.4 is 19.6 Å². The van der Waals surface area contributed by atoms with Crippen molar-refractivity contribution in [2.45, 2.75) is 12.2 Å². The van der Waals surface area contributed by atoms with Crippen LogP contribution in [-0.2, 0) is 4.74 Å². The van der Waals surface area contributed by atoms with Gasteiger partial charge in [0, 0.05) is 5.56 Å². The number of hydrogen-bond acceptors (Lipinski definition) is 7. The SMILES string of the molecule is COc1ccc(O)c2c(=O)c3c(OC)c4c(cc3oc12)[C@@H]1C=CO[C@@H]1O4. The first-order valence-corrected chi connectivity index (χ1v) is 8.00. The van der Waals surface area contributed by atoms with E-state index in [0.29, 0.717) is 17.1 Å². The highest BCUT2D eigenvalue weighted by Crippen LogP contribution is 2.50. The van der Waals surface area contributed by atoms with Gasteiger partial charge in [-0.15, -0.1) is 0 Å². The van der Waals surface area contributed by atoms with Crippen LogP contribution in [0.25, 0.3) is 21.9 Å². The number of rotatable bonds is 2. The lowest BCUT2D eigenvalue weighted by Crippen LogP contribution is -2.14. The van der Waals surface area contributed by atoms with E-state index in [1.165, 1.54) is 20.3 Å². The molecule has 3 heterocycles. The summed E-state index contributed by atoms with van der Waals surface area (Å²) < 4.78 is 28.0. The third-order valence-electron chi connectivity index (χ3n) is 4.80. The molecule has 0 unspecified atom stereocenters. The van der Waals surface area contributed by atoms with Crippen molar-refractivity contribution in [2.75, 3.05) is 14.2 Å². The number of ether oxygens (including phenoxy) is 4. The first kappa shape index (κ1) is 14.9. The Hall–Kier alpha value is -3.35. The lowest BCUT2D eigenvalue weighted by Gasteiger charge is -2.13. The number of phenolic OH excluding ortho intramolecular Hbond substituents is 1. The fraction of sp³-hybridized carbons (Fsp3) is 0.211. The molecule has 2 aliphatic rings. The molecule has 7 nitrogen and oxygen atoms in total. The zero-order chi connectivity index (χ0) is 18.0. The molecule has 3 aromatic rings. The molecule has 0 saturated heterocycles. The summed E-state index contributed by atoms with van der Waals surface area (Å²) in [5, 5.41) is 10.4. The minimum atomic E-state index is -0.483. The lowest BCUT2D eigenvalue weighted by molar-refractivity contribution is -0.00595. The number of fused-ring (bicyclic) bond motifs is 5. The molecule has 0 amide bonds. The molecule has 0 bridgehead atoms. The van der Waals surface area contributed by atoms with Crippen LogP contribution in [0.1, 0.15) is 11.5 Å². The Morgan fingerprint density at radius 1 is 1.15 bits per heavy atom. The Bertz CT molecular complexity index is 1160. The van der Waals surface area contributed by atoms with Gasteiger partial charge in [-0.1, -0.05) is 0 Å². The minimum Gasteiger partial charge on any atom is -0.507 e. The molecule has 132 valence electrons. The summed E-state index contributed by atoms with van der Waals surface area (Å²) in [5.74, 6) is 0.781. The molecule has 1 aromatic heterocycles. The standard InChI is InChI=1S/C19H14O7/c1-22-11-4-3-10(20)13-15(21)14-12(25-17(11)13)7-9-8-5-6-24-19(8)26-16(9)18(14)23-2/h3-8,19-20H,1-2H3/t8-,19+/m0/s1. The topological polar surface area (TPSA) is 87.4 Å². The van der Waals surface area contributed by atoms with E-state index in [9.17, 15) is 9.90 Å². The average molecular weight is 354 g/mol. The zero-order valence-corrected chi connectivity index (χ0v) is 13.9. The summed E-state index contributed by atoms with van der Waals surface area (Å²) in [6.45, 7) is 0. The summed E-state index contributed by atoms with van der Waals surface area (Å²) in [7, 11) is 2.93. The lowest BCUT2D eigenvalue weighted by atomic mass is 9.98. The van der Waals surface area contributed by atoms with Crippen molar-refractivity contribution < 1.29 is 28.5 Å². The van der Waals surface area contributed by atoms with E-state index < -0.39 is 11.7 Å². The molecule has 5 rings (SSSR count). The van der Waals surface area contributed by atoms with Crippen LogP contribution >= 0.6 is 0 Å². The molecular formula is C19H14O7. The highest BCUT2D eigenvalue weighted by Gasteiger charge is 2.40. The van der Waals surface area contributed by atoms with Crippen molar-refractivity contribution in [1.29, 1.82) is 0 Å². The molecule has 0 radical (unpaired) electrons. The Morgan fingerprint density at radius 3 is 2.77 bits per heavy atom. The van der Waals surface area contributed by atoms with Crippen LogP contribution in [0.2, 0.25) is 0 Å². The highest BCUT2D eigenvalue weighted by atomic mass is 16.7. The van der Waals surface area contributed by atoms with Crippen LogP contribution in [0.15, 0.2) is 39.7 Å². The number of hydrogen-bond donors (Lipinski definition) is 1. The van der Waals surface area contributed by atoms with E-state index in [4.69, 9.17) is 23.4 Å². The molecule has 0 aliphatic carbocycles. The molecule has 1 N–H and O–H groups in total. The van der Waals surface area contributed by atoms with E-state index in [2.05, 4.69) is 0 Å². The summed E-state index contributed by atoms with van der Waals surface area (Å²) in [6, 6.07) is 4.69. The van der Waals surface area contributed by atoms with E-state index in [0.717, 1.165) is 5.56 Å². The van der Waals surface area contributed by atoms with Gasteiger partial charge in [-0.2, -0.15) is 0 Å². The summed E-state index contributed by atoms with van der Waals surface area (Å²) in [5.41, 5.74) is 0.899. The maximum atomic E-state index is 13.1. The maximum absolute atomic E-state index is 13.1. The normalized spacial score (nSPS) is 19.9. The van der Waals surface area contributed by atoms with Gasteiger partial charge in [0.2, 0.25) is 5.43 Å². The predicted molar refractivity (Wildman–Crippen MR) is 92.1 cm³/mol. The fourth-order valence-electron chi connectivity index (χ4n) is 3.61. The van der Waals surface area contributed by atoms with Gasteiger partial charge in [0.15, 0.2) is 22.8 Å². The molecule has 2 aliphatic heterocycles. The maximum Gasteiger partial charge on any atom is 0.250 e. The van der Waals surface area contributed by atoms with Gasteiger partial charge in [-0.25, -0.2) is 0 Å². The monoisotopic (exact) mass is 354 g/mol. The van der Waals surface area contributed by atoms with Gasteiger partial charge in [-0.05, 0) is 24.3 Å². The summed E-state index contributed by atoms with van der Waals surface area (Å²) in [4.78, 5) is 13.1. The van der Waals surface area contributed by atoms with Gasteiger partial charge in [0.1, 0.15) is 22.1 Å². The molecule has 0 saturated carbocycles. The summed E-state index contributed by atoms with van der Waals surface area (Å²) >= 11 is 0. The average Bonchev–Trinajstić information content (AvgIpc) is 3.22. The second-order valence-corrected chi connectivity index (χ2v) is 6.10. The summed E-state index contributed by atoms with van der Waals surface area (Å²) in [6.07, 6.45) is 2.99. The number of phenols is 1. The predicted octanol–water partition coefficient (Wildman–Crippen LogP) is 3.02. The second kappa shape index (κ2) is 5.08. The first-order valence-electron chi connectivity index (χ1n) is 8.00. The third-order valence-corrected chi connectivity index (χ3v) is 4.80. The van der Waals surface area contributed by atoms with Crippen molar-refractivity contribution in [3.63, 3.8) is 0 Å². The van der Waals surface area contributed by atoms with E-state index >= 15 is 0 Å². The molecular weight excluding hydrogens is 340 g/mol. The smallest absolute Gasteiger partial charge is 0.250 e. The van der Waals surface area contributed by atoms with Crippen LogP contribution in [0.5, 0.6) is 23.0 Å². The molecule has 7 heteroatoms. The van der Waals surface area contributed by atoms with Crippen molar-refractivity contribution in [2.24, 2.45) is 0 Å². The van der Waals surface area contributed by atoms with Crippen LogP contribution in [-0.4, -0.2) is 25.6 Å². The van der Waals surface area contributed by atoms with E-state index in [1.807, 2.05) is 6.08 Å². The van der Waals surface area contributed by atoms with Crippen LogP contribution in [0.4, 0.5) is 0 Å². The third kappa shape index (κ3) is 1.74. The second-order valence-electron chi connectivity index (χ2n) is 6.10. The van der Waals surface area contributed by atoms with Gasteiger partial charge in [0.05, 0.1) is 26.4 Å². The van der Waals surface area contributed by atoms with Gasteiger partial charge in [-0.3, -0.25) is 4.79 Å². The first-order chi connectivity index (χ1) is 12.6. The Morgan fingerprint density at radius 2 is 2.00 bits per heavy atom. The molecule has 0 fully saturated rings. The van der Waals surface area contributed by atoms with Crippen molar-refractivity contribution >= 4 is 21.9 Å². The van der Waals surface area contributed by atoms with Crippen LogP contribution in [0.3, 0.4) is 0 Å². The molecule has 26 heavy (non-hydrogen) atoms. The zero-order valence-electron chi connectivity index (χ0n) is 13.9. The van der Waals surface area contributed by atoms with Crippen molar-refractivity contribution in [1.82, 2.24) is 0 Å². The van der Waals surface area contributed by atoms with Gasteiger partial charge in [0.25, 0.3) is 6.29 Å². The van der Waals surface area contributed by atoms with Gasteiger partial charge < -0.3 is 28.5 Å². The Labute approximate surface area is 146 Å². The largest absolute Gasteiger partial charge is 0.507 e. The van der Waals surface area contributed by atoms with Gasteiger partial charge >= 0.3 is 0 Å². The Balaban J connectivity index is 1.95. The Kier molecular flexibility index (Phi) is 2.92. The van der Waals surface area contributed by atoms with Crippen molar-refractivity contribution in [3.8, 4) is 23.0 Å². The number of aromatic hydroxyl groups is 1. The van der Waals surface area contributed by atoms with Crippen LogP contribution in [0, 0.1) is 0 Å².